The number of nitrogens with zero attached hydrogens (tertiary/aromatic N) is 2. The molecule has 1 aromatic carbocycles. The van der Waals surface area contributed by atoms with E-state index in [1.165, 1.54) is 6.07 Å². The van der Waals surface area contributed by atoms with Crippen LogP contribution < -0.4 is 11.3 Å². The van der Waals surface area contributed by atoms with Crippen LogP contribution in [0.5, 0.6) is 0 Å². The Labute approximate surface area is 185 Å². The molecule has 0 unspecified atom stereocenters. The van der Waals surface area contributed by atoms with Crippen LogP contribution in [0.15, 0.2) is 29.3 Å². The lowest BCUT2D eigenvalue weighted by atomic mass is 9.75. The molecule has 3 aliphatic rings. The summed E-state index contributed by atoms with van der Waals surface area (Å²) in [5.74, 6) is 0.440. The van der Waals surface area contributed by atoms with Crippen molar-refractivity contribution in [1.82, 2.24) is 9.55 Å². The highest BCUT2D eigenvalue weighted by Crippen LogP contribution is 2.46. The quantitative estimate of drug-likeness (QED) is 0.481. The van der Waals surface area contributed by atoms with Crippen molar-refractivity contribution in [3.05, 3.63) is 74.0 Å². The van der Waals surface area contributed by atoms with E-state index in [1.54, 1.807) is 4.57 Å². The number of fused-ring (bicyclic) bond motifs is 5. The Balaban J connectivity index is 1.70. The maximum atomic E-state index is 14.7. The summed E-state index contributed by atoms with van der Waals surface area (Å²) in [5, 5.41) is 0.974. The van der Waals surface area contributed by atoms with Crippen LogP contribution in [0, 0.1) is 12.7 Å². The number of halogens is 1. The molecule has 6 rings (SSSR count). The third-order valence-corrected chi connectivity index (χ3v) is 8.09. The molecule has 0 radical (unpaired) electrons. The van der Waals surface area contributed by atoms with E-state index in [9.17, 15) is 9.18 Å². The van der Waals surface area contributed by atoms with Crippen LogP contribution >= 0.6 is 0 Å². The molecular weight excluding hydrogens is 405 g/mol. The van der Waals surface area contributed by atoms with Crippen molar-refractivity contribution in [2.75, 3.05) is 0 Å². The smallest absolute Gasteiger partial charge is 0.258 e. The number of benzene rings is 1. The van der Waals surface area contributed by atoms with Gasteiger partial charge in [0.2, 0.25) is 0 Å². The fraction of sp³-hybridized carbons (Fsp3) is 0.385. The third-order valence-electron chi connectivity index (χ3n) is 8.09. The van der Waals surface area contributed by atoms with Crippen LogP contribution in [0.3, 0.4) is 0 Å². The molecule has 5 nitrogen and oxygen atoms in total. The van der Waals surface area contributed by atoms with E-state index >= 15 is 0 Å². The fourth-order valence-electron chi connectivity index (χ4n) is 5.87. The van der Waals surface area contributed by atoms with Gasteiger partial charge in [0.1, 0.15) is 12.4 Å². The monoisotopic (exact) mass is 431 g/mol. The average Bonchev–Trinajstić information content (AvgIpc) is 3.14. The number of rotatable bonds is 1. The lowest BCUT2D eigenvalue weighted by Crippen LogP contribution is -2.37. The minimum Gasteiger partial charge on any atom is -0.493 e. The van der Waals surface area contributed by atoms with Gasteiger partial charge in [-0.05, 0) is 61.4 Å². The highest BCUT2D eigenvalue weighted by Gasteiger charge is 2.40. The molecule has 0 saturated carbocycles. The molecule has 4 heterocycles. The molecule has 2 N–H and O–H groups in total. The van der Waals surface area contributed by atoms with E-state index < -0.39 is 5.41 Å². The molecule has 2 aliphatic heterocycles. The molecule has 32 heavy (non-hydrogen) atoms. The van der Waals surface area contributed by atoms with Crippen molar-refractivity contribution in [3.63, 3.8) is 0 Å². The molecule has 2 aromatic heterocycles. The van der Waals surface area contributed by atoms with Gasteiger partial charge >= 0.3 is 0 Å². The number of nitrogens with two attached hydrogens (primary N) is 1. The second-order valence-electron chi connectivity index (χ2n) is 9.56. The molecule has 0 amide bonds. The Bertz CT molecular complexity index is 1440. The Kier molecular flexibility index (Phi) is 3.87. The van der Waals surface area contributed by atoms with Crippen molar-refractivity contribution in [2.45, 2.75) is 64.6 Å². The van der Waals surface area contributed by atoms with Crippen molar-refractivity contribution in [2.24, 2.45) is 5.73 Å². The van der Waals surface area contributed by atoms with Gasteiger partial charge in [0, 0.05) is 28.5 Å². The van der Waals surface area contributed by atoms with Crippen LogP contribution in [0.4, 0.5) is 4.39 Å². The van der Waals surface area contributed by atoms with Gasteiger partial charge in [-0.25, -0.2) is 9.37 Å². The highest BCUT2D eigenvalue weighted by molar-refractivity contribution is 5.92. The van der Waals surface area contributed by atoms with Gasteiger partial charge in [-0.15, -0.1) is 0 Å². The summed E-state index contributed by atoms with van der Waals surface area (Å²) in [5.41, 5.74) is 13.6. The predicted octanol–water partition coefficient (Wildman–Crippen LogP) is 4.53. The number of ether oxygens (including phenoxy) is 1. The second kappa shape index (κ2) is 6.29. The van der Waals surface area contributed by atoms with Gasteiger partial charge in [0.05, 0.1) is 34.8 Å². The number of aromatic nitrogens is 2. The van der Waals surface area contributed by atoms with E-state index in [0.29, 0.717) is 28.9 Å². The van der Waals surface area contributed by atoms with Gasteiger partial charge in [0.25, 0.3) is 5.56 Å². The third kappa shape index (κ3) is 2.26. The van der Waals surface area contributed by atoms with Crippen LogP contribution in [-0.4, -0.2) is 9.55 Å². The first-order valence-electron chi connectivity index (χ1n) is 11.3. The molecule has 6 heteroatoms. The van der Waals surface area contributed by atoms with Gasteiger partial charge in [0.15, 0.2) is 0 Å². The Morgan fingerprint density at radius 3 is 2.88 bits per heavy atom. The van der Waals surface area contributed by atoms with Crippen molar-refractivity contribution >= 4 is 10.9 Å². The van der Waals surface area contributed by atoms with Gasteiger partial charge in [-0.3, -0.25) is 4.79 Å². The number of pyridine rings is 2. The lowest BCUT2D eigenvalue weighted by molar-refractivity contribution is 0.132. The number of hydrogen-bond donors (Lipinski definition) is 1. The van der Waals surface area contributed by atoms with Crippen LogP contribution in [-0.2, 0) is 29.7 Å². The summed E-state index contributed by atoms with van der Waals surface area (Å²) >= 11 is 0. The maximum absolute atomic E-state index is 14.7. The highest BCUT2D eigenvalue weighted by atomic mass is 19.1. The molecule has 0 spiro atoms. The fourth-order valence-corrected chi connectivity index (χ4v) is 5.87. The molecule has 0 saturated heterocycles. The van der Waals surface area contributed by atoms with Crippen LogP contribution in [0.2, 0.25) is 0 Å². The van der Waals surface area contributed by atoms with Gasteiger partial charge < -0.3 is 15.0 Å². The zero-order valence-corrected chi connectivity index (χ0v) is 18.6. The summed E-state index contributed by atoms with van der Waals surface area (Å²) < 4.78 is 22.3. The standard InChI is InChI=1S/C26H26FN3O2/c1-5-26(4)13(3)32-11-16-17(26)8-21-24-15(10-30(21)25(16)31)22-19(28)7-6-14-12(2)18(27)9-20(29-24)23(14)22/h8-9,19H,3,5-7,10-11,28H2,1-2,4H3/t19-,26-/m0/s1. The van der Waals surface area contributed by atoms with Crippen molar-refractivity contribution in [1.29, 1.82) is 0 Å². The van der Waals surface area contributed by atoms with Crippen molar-refractivity contribution in [3.8, 4) is 11.4 Å². The SMILES string of the molecule is C=C1OCc2c(cc3n(c2=O)Cc2c-3nc3cc(F)c(C)c4c3c2[C@@H](N)CC4)[C@@]1(C)CC. The van der Waals surface area contributed by atoms with E-state index in [1.807, 2.05) is 6.92 Å². The average molecular weight is 432 g/mol. The Morgan fingerprint density at radius 2 is 2.12 bits per heavy atom. The molecule has 2 atom stereocenters. The molecule has 0 fully saturated rings. The minimum absolute atomic E-state index is 0.0501. The predicted molar refractivity (Wildman–Crippen MR) is 122 cm³/mol. The largest absolute Gasteiger partial charge is 0.493 e. The molecular formula is C26H26FN3O2. The lowest BCUT2D eigenvalue weighted by Gasteiger charge is -2.37. The van der Waals surface area contributed by atoms with Crippen LogP contribution in [0.25, 0.3) is 22.3 Å². The molecule has 164 valence electrons. The van der Waals surface area contributed by atoms with Gasteiger partial charge in [-0.2, -0.15) is 0 Å². The Morgan fingerprint density at radius 1 is 1.34 bits per heavy atom. The minimum atomic E-state index is -0.441. The second-order valence-corrected chi connectivity index (χ2v) is 9.56. The molecule has 1 aliphatic carbocycles. The van der Waals surface area contributed by atoms with E-state index in [2.05, 4.69) is 26.5 Å². The molecule has 0 bridgehead atoms. The summed E-state index contributed by atoms with van der Waals surface area (Å²) in [6.07, 6.45) is 2.26. The summed E-state index contributed by atoms with van der Waals surface area (Å²) in [6.45, 7) is 10.7. The maximum Gasteiger partial charge on any atom is 0.258 e. The summed E-state index contributed by atoms with van der Waals surface area (Å²) in [6, 6.07) is 3.43. The normalized spacial score (nSPS) is 23.0. The van der Waals surface area contributed by atoms with E-state index in [-0.39, 0.29) is 24.0 Å². The number of aryl methyl sites for hydroxylation is 1. The first-order chi connectivity index (χ1) is 15.3. The number of hydrogen-bond acceptors (Lipinski definition) is 4. The summed E-state index contributed by atoms with van der Waals surface area (Å²) in [7, 11) is 0. The van der Waals surface area contributed by atoms with E-state index in [0.717, 1.165) is 58.3 Å². The van der Waals surface area contributed by atoms with Crippen molar-refractivity contribution < 1.29 is 9.13 Å². The Hall–Kier alpha value is -2.99. The first-order valence-corrected chi connectivity index (χ1v) is 11.3. The van der Waals surface area contributed by atoms with Crippen LogP contribution in [0.1, 0.15) is 66.1 Å². The number of allylic oxidation sites excluding steroid dienone is 1. The van der Waals surface area contributed by atoms with Gasteiger partial charge in [-0.1, -0.05) is 13.5 Å². The zero-order chi connectivity index (χ0) is 22.5. The summed E-state index contributed by atoms with van der Waals surface area (Å²) in [4.78, 5) is 18.5. The van der Waals surface area contributed by atoms with E-state index in [4.69, 9.17) is 15.5 Å². The topological polar surface area (TPSA) is 70.1 Å². The zero-order valence-electron chi connectivity index (χ0n) is 18.6. The first kappa shape index (κ1) is 19.7. The molecule has 3 aromatic rings.